The third-order valence-corrected chi connectivity index (χ3v) is 6.88. The van der Waals surface area contributed by atoms with Gasteiger partial charge < -0.3 is 10.1 Å². The predicted molar refractivity (Wildman–Crippen MR) is 122 cm³/mol. The fourth-order valence-corrected chi connectivity index (χ4v) is 4.89. The number of carbonyl (C=O) groups excluding carboxylic acids is 1. The molecule has 0 spiro atoms. The van der Waals surface area contributed by atoms with Crippen molar-refractivity contribution >= 4 is 21.6 Å². The Bertz CT molecular complexity index is 1190. The highest BCUT2D eigenvalue weighted by molar-refractivity contribution is 7.93. The smallest absolute Gasteiger partial charge is 0.265 e. The van der Waals surface area contributed by atoms with Crippen LogP contribution in [0.15, 0.2) is 71.6 Å². The summed E-state index contributed by atoms with van der Waals surface area (Å²) in [5.74, 6) is -0.289. The first-order valence-corrected chi connectivity index (χ1v) is 11.4. The molecule has 1 N–H and O–H groups in total. The summed E-state index contributed by atoms with van der Waals surface area (Å²) in [5, 5.41) is 2.70. The van der Waals surface area contributed by atoms with E-state index in [-0.39, 0.29) is 17.3 Å². The number of ether oxygens (including phenoxy) is 1. The molecular formula is C24H25FN2O4S. The minimum Gasteiger partial charge on any atom is -0.497 e. The standard InChI is InChI=1S/C24H25FN2O4S/c1-17-4-5-18(2)23(14-17)32(29,30)27(21-10-12-22(31-3)13-11-21)16-24(28)26-15-19-6-8-20(25)9-7-19/h4-14H,15-16H2,1-3H3,(H,26,28). The molecule has 1 amide bonds. The monoisotopic (exact) mass is 456 g/mol. The van der Waals surface area contributed by atoms with Gasteiger partial charge in [-0.3, -0.25) is 9.10 Å². The van der Waals surface area contributed by atoms with Crippen LogP contribution >= 0.6 is 0 Å². The Kier molecular flexibility index (Phi) is 7.15. The van der Waals surface area contributed by atoms with Crippen LogP contribution in [0, 0.1) is 19.7 Å². The average molecular weight is 457 g/mol. The lowest BCUT2D eigenvalue weighted by atomic mass is 10.2. The molecule has 0 bridgehead atoms. The number of hydrogen-bond acceptors (Lipinski definition) is 4. The van der Waals surface area contributed by atoms with E-state index in [0.29, 0.717) is 22.6 Å². The van der Waals surface area contributed by atoms with Crippen LogP contribution < -0.4 is 14.4 Å². The van der Waals surface area contributed by atoms with Gasteiger partial charge in [0.25, 0.3) is 10.0 Å². The van der Waals surface area contributed by atoms with Gasteiger partial charge in [0.15, 0.2) is 0 Å². The van der Waals surface area contributed by atoms with Gasteiger partial charge in [0.05, 0.1) is 17.7 Å². The molecule has 0 aliphatic carbocycles. The Morgan fingerprint density at radius 1 is 1.00 bits per heavy atom. The Labute approximate surface area is 187 Å². The number of carbonyl (C=O) groups is 1. The molecule has 3 aromatic carbocycles. The van der Waals surface area contributed by atoms with E-state index < -0.39 is 22.5 Å². The molecule has 3 rings (SSSR count). The fraction of sp³-hybridized carbons (Fsp3) is 0.208. The molecular weight excluding hydrogens is 431 g/mol. The van der Waals surface area contributed by atoms with Crippen LogP contribution in [0.25, 0.3) is 0 Å². The Morgan fingerprint density at radius 2 is 1.66 bits per heavy atom. The number of anilines is 1. The van der Waals surface area contributed by atoms with E-state index in [2.05, 4.69) is 5.32 Å². The number of hydrogen-bond donors (Lipinski definition) is 1. The summed E-state index contributed by atoms with van der Waals surface area (Å²) in [6, 6.07) is 17.3. The number of sulfonamides is 1. The van der Waals surface area contributed by atoms with Crippen molar-refractivity contribution in [1.82, 2.24) is 5.32 Å². The highest BCUT2D eigenvalue weighted by Crippen LogP contribution is 2.28. The van der Waals surface area contributed by atoms with E-state index in [1.54, 1.807) is 55.5 Å². The van der Waals surface area contributed by atoms with Crippen LogP contribution in [-0.2, 0) is 21.4 Å². The highest BCUT2D eigenvalue weighted by Gasteiger charge is 2.28. The number of halogens is 1. The number of benzene rings is 3. The van der Waals surface area contributed by atoms with Gasteiger partial charge in [-0.1, -0.05) is 24.3 Å². The summed E-state index contributed by atoms with van der Waals surface area (Å²) < 4.78 is 46.5. The van der Waals surface area contributed by atoms with Crippen LogP contribution in [0.1, 0.15) is 16.7 Å². The van der Waals surface area contributed by atoms with Gasteiger partial charge in [-0.25, -0.2) is 12.8 Å². The minimum absolute atomic E-state index is 0.139. The Hall–Kier alpha value is -3.39. The average Bonchev–Trinajstić information content (AvgIpc) is 2.78. The van der Waals surface area contributed by atoms with Gasteiger partial charge in [-0.15, -0.1) is 0 Å². The molecule has 0 saturated heterocycles. The molecule has 168 valence electrons. The van der Waals surface area contributed by atoms with Crippen molar-refractivity contribution in [2.75, 3.05) is 18.0 Å². The first kappa shape index (κ1) is 23.3. The van der Waals surface area contributed by atoms with Crippen molar-refractivity contribution in [3.05, 3.63) is 89.2 Å². The number of aryl methyl sites for hydroxylation is 2. The largest absolute Gasteiger partial charge is 0.497 e. The fourth-order valence-electron chi connectivity index (χ4n) is 3.16. The lowest BCUT2D eigenvalue weighted by Crippen LogP contribution is -2.41. The normalized spacial score (nSPS) is 11.1. The lowest BCUT2D eigenvalue weighted by Gasteiger charge is -2.25. The van der Waals surface area contributed by atoms with Gasteiger partial charge in [0, 0.05) is 6.54 Å². The number of rotatable bonds is 8. The summed E-state index contributed by atoms with van der Waals surface area (Å²) in [7, 11) is -2.51. The van der Waals surface area contributed by atoms with Crippen LogP contribution in [-0.4, -0.2) is 28.0 Å². The molecule has 0 aromatic heterocycles. The van der Waals surface area contributed by atoms with E-state index >= 15 is 0 Å². The van der Waals surface area contributed by atoms with Gasteiger partial charge in [-0.05, 0) is 73.0 Å². The zero-order valence-electron chi connectivity index (χ0n) is 18.1. The zero-order chi connectivity index (χ0) is 23.3. The van der Waals surface area contributed by atoms with Gasteiger partial charge in [-0.2, -0.15) is 0 Å². The van der Waals surface area contributed by atoms with Crippen molar-refractivity contribution < 1.29 is 22.3 Å². The van der Waals surface area contributed by atoms with Crippen molar-refractivity contribution in [2.24, 2.45) is 0 Å². The maximum absolute atomic E-state index is 13.6. The van der Waals surface area contributed by atoms with E-state index in [9.17, 15) is 17.6 Å². The predicted octanol–water partition coefficient (Wildman–Crippen LogP) is 3.96. The third-order valence-electron chi connectivity index (χ3n) is 4.96. The number of methoxy groups -OCH3 is 1. The van der Waals surface area contributed by atoms with E-state index in [1.165, 1.54) is 19.2 Å². The lowest BCUT2D eigenvalue weighted by molar-refractivity contribution is -0.119. The van der Waals surface area contributed by atoms with Crippen molar-refractivity contribution in [1.29, 1.82) is 0 Å². The summed E-state index contributed by atoms with van der Waals surface area (Å²) in [4.78, 5) is 12.8. The number of nitrogens with zero attached hydrogens (tertiary/aromatic N) is 1. The van der Waals surface area contributed by atoms with Crippen molar-refractivity contribution in [3.63, 3.8) is 0 Å². The Balaban J connectivity index is 1.90. The van der Waals surface area contributed by atoms with Crippen LogP contribution in [0.5, 0.6) is 5.75 Å². The topological polar surface area (TPSA) is 75.7 Å². The first-order chi connectivity index (χ1) is 15.2. The molecule has 0 aliphatic rings. The summed E-state index contributed by atoms with van der Waals surface area (Å²) in [6.07, 6.45) is 0. The molecule has 0 heterocycles. The second-order valence-electron chi connectivity index (χ2n) is 7.38. The third kappa shape index (κ3) is 5.45. The second kappa shape index (κ2) is 9.82. The molecule has 3 aromatic rings. The van der Waals surface area contributed by atoms with E-state index in [0.717, 1.165) is 9.87 Å². The molecule has 0 atom stereocenters. The second-order valence-corrected chi connectivity index (χ2v) is 9.21. The molecule has 0 aliphatic heterocycles. The van der Waals surface area contributed by atoms with Gasteiger partial charge in [0.1, 0.15) is 18.1 Å². The maximum Gasteiger partial charge on any atom is 0.265 e. The van der Waals surface area contributed by atoms with Crippen molar-refractivity contribution in [2.45, 2.75) is 25.3 Å². The first-order valence-electron chi connectivity index (χ1n) is 9.96. The number of nitrogens with one attached hydrogen (secondary N) is 1. The summed E-state index contributed by atoms with van der Waals surface area (Å²) in [5.41, 5.74) is 2.42. The minimum atomic E-state index is -4.03. The zero-order valence-corrected chi connectivity index (χ0v) is 18.9. The highest BCUT2D eigenvalue weighted by atomic mass is 32.2. The summed E-state index contributed by atoms with van der Waals surface area (Å²) >= 11 is 0. The SMILES string of the molecule is COc1ccc(N(CC(=O)NCc2ccc(F)cc2)S(=O)(=O)c2cc(C)ccc2C)cc1. The molecule has 0 radical (unpaired) electrons. The molecule has 0 fully saturated rings. The molecule has 0 saturated carbocycles. The van der Waals surface area contributed by atoms with Crippen molar-refractivity contribution in [3.8, 4) is 5.75 Å². The number of amides is 1. The Morgan fingerprint density at radius 3 is 2.28 bits per heavy atom. The van der Waals surface area contributed by atoms with E-state index in [1.807, 2.05) is 13.0 Å². The summed E-state index contributed by atoms with van der Waals surface area (Å²) in [6.45, 7) is 3.26. The van der Waals surface area contributed by atoms with Crippen LogP contribution in [0.3, 0.4) is 0 Å². The van der Waals surface area contributed by atoms with Gasteiger partial charge >= 0.3 is 0 Å². The van der Waals surface area contributed by atoms with Crippen LogP contribution in [0.4, 0.5) is 10.1 Å². The van der Waals surface area contributed by atoms with Crippen LogP contribution in [0.2, 0.25) is 0 Å². The molecule has 8 heteroatoms. The molecule has 6 nitrogen and oxygen atoms in total. The van der Waals surface area contributed by atoms with E-state index in [4.69, 9.17) is 4.74 Å². The molecule has 32 heavy (non-hydrogen) atoms. The van der Waals surface area contributed by atoms with Gasteiger partial charge in [0.2, 0.25) is 5.91 Å². The maximum atomic E-state index is 13.6. The quantitative estimate of drug-likeness (QED) is 0.557. The molecule has 0 unspecified atom stereocenters.